The van der Waals surface area contributed by atoms with Crippen molar-refractivity contribution in [2.75, 3.05) is 26.4 Å². The second-order valence-electron chi connectivity index (χ2n) is 29.0. The van der Waals surface area contributed by atoms with Crippen molar-refractivity contribution in [1.82, 2.24) is 0 Å². The van der Waals surface area contributed by atoms with Crippen LogP contribution in [0.1, 0.15) is 106 Å². The molecular formula is C60H96O30. The van der Waals surface area contributed by atoms with Crippen LogP contribution >= 0.6 is 0 Å². The number of carbonyl (C=O) groups is 2. The fraction of sp³-hybridized carbons (Fsp3) is 0.933. The van der Waals surface area contributed by atoms with E-state index in [0.29, 0.717) is 44.9 Å². The molecule has 516 valence electrons. The Morgan fingerprint density at radius 3 is 1.56 bits per heavy atom. The Morgan fingerprint density at radius 1 is 0.500 bits per heavy atom. The number of hydrogen-bond acceptors (Lipinski definition) is 29. The van der Waals surface area contributed by atoms with Crippen molar-refractivity contribution >= 4 is 11.9 Å². The minimum absolute atomic E-state index is 0.0569. The molecule has 30 heteroatoms. The van der Waals surface area contributed by atoms with Gasteiger partial charge < -0.3 is 139 Å². The van der Waals surface area contributed by atoms with Crippen LogP contribution in [-0.4, -0.2) is 296 Å². The second kappa shape index (κ2) is 25.9. The lowest BCUT2D eigenvalue weighted by Crippen LogP contribution is -2.71. The van der Waals surface area contributed by atoms with Gasteiger partial charge in [-0.2, -0.15) is 0 Å². The molecule has 0 radical (unpaired) electrons. The maximum atomic E-state index is 14.9. The van der Waals surface area contributed by atoms with Crippen LogP contribution in [0, 0.1) is 50.2 Å². The van der Waals surface area contributed by atoms with Gasteiger partial charge in [-0.1, -0.05) is 46.3 Å². The van der Waals surface area contributed by atoms with Gasteiger partial charge >= 0.3 is 11.9 Å². The van der Waals surface area contributed by atoms with Gasteiger partial charge in [-0.05, 0) is 111 Å². The molecule has 0 spiro atoms. The molecular weight excluding hydrogens is 1200 g/mol. The van der Waals surface area contributed by atoms with Crippen LogP contribution in [0.4, 0.5) is 0 Å². The van der Waals surface area contributed by atoms with E-state index in [0.717, 1.165) is 5.57 Å². The average molecular weight is 1300 g/mol. The number of ether oxygens (including phenoxy) is 10. The van der Waals surface area contributed by atoms with Crippen molar-refractivity contribution in [3.8, 4) is 0 Å². The highest BCUT2D eigenvalue weighted by molar-refractivity contribution is 5.79. The standard InChI is InChI=1S/C60H96O30/c1-22-32(66)37(71)41(75)48(81-22)86-44-36(70)29(21-64)85-52(46(44)88-49-42(76)38(72)33(67)26(18-61)82-49)87-45-40(74)35(69)28(20-63)84-51(45)89-47-25(65)17-56(4)30-9-8-23-24-16-55(2,3)12-14-60(24,54(80)90-50-43(77)39(73)34(68)27(19-62)83-50)15-13-57(23,5)58(30,6)11-10-31(56)59(47,7)53(78)79/h8,22,24-52,61-77H,9-21H2,1-7H3,(H,78,79)/t22-,24+,25-,26+,27+,28+,29+,30+,31+,32-,33+,34+,35+,36+,37+,38-,39-,40-,41+,42+,43+,44-,45+,46+,47+,48-,49-,50-,51-,52-,56+,57+,58+,59-,60+/m0/s1. The molecule has 18 N–H and O–H groups in total. The average Bonchev–Trinajstić information content (AvgIpc) is 0.674. The highest BCUT2D eigenvalue weighted by atomic mass is 16.8. The van der Waals surface area contributed by atoms with Gasteiger partial charge in [0.05, 0.1) is 49.5 Å². The number of carbonyl (C=O) groups excluding carboxylic acids is 1. The van der Waals surface area contributed by atoms with E-state index in [1.54, 1.807) is 0 Å². The van der Waals surface area contributed by atoms with Crippen LogP contribution in [-0.2, 0) is 57.0 Å². The number of aliphatic carboxylic acids is 1. The van der Waals surface area contributed by atoms with Crippen LogP contribution in [0.25, 0.3) is 0 Å². The molecule has 5 heterocycles. The smallest absolute Gasteiger partial charge is 0.315 e. The lowest BCUT2D eigenvalue weighted by molar-refractivity contribution is -0.413. The Hall–Kier alpha value is -2.36. The number of fused-ring (bicyclic) bond motifs is 7. The molecule has 5 saturated heterocycles. The number of carboxylic acid groups (broad SMARTS) is 1. The van der Waals surface area contributed by atoms with Crippen molar-refractivity contribution in [2.45, 2.75) is 272 Å². The lowest BCUT2D eigenvalue weighted by Gasteiger charge is -2.71. The molecule has 10 aliphatic rings. The Kier molecular flexibility index (Phi) is 20.3. The predicted molar refractivity (Wildman–Crippen MR) is 297 cm³/mol. The first kappa shape index (κ1) is 70.4. The van der Waals surface area contributed by atoms with E-state index >= 15 is 0 Å². The van der Waals surface area contributed by atoms with E-state index in [-0.39, 0.29) is 30.1 Å². The number of rotatable bonds is 15. The van der Waals surface area contributed by atoms with Crippen LogP contribution in [0.5, 0.6) is 0 Å². The first-order valence-corrected chi connectivity index (χ1v) is 31.5. The fourth-order valence-corrected chi connectivity index (χ4v) is 18.0. The van der Waals surface area contributed by atoms with Crippen molar-refractivity contribution in [3.05, 3.63) is 11.6 Å². The summed E-state index contributed by atoms with van der Waals surface area (Å²) >= 11 is 0. The SMILES string of the molecule is C[C@@H]1O[C@@H](O[C@H]2[C@H](O)[C@@H](CO)O[C@@H](O[C@H]3[C@H](O[C@@H]4[C@@H](O)C[C@@]5(C)[C@@H](CC[C@]6(C)[C@@H]5CC=C5[C@H]7CC(C)(C)CC[C@@]7(C(=O)O[C@@H]7O[C@H](CO)[C@@H](O)[C@H](O)[C@H]7O)CC[C@]56C)[C@]4(C)C(=O)O)O[C@H](CO)[C@@H](O)[C@@H]3O)[C@@H]2O[C@@H]2O[C@H](CO)[C@@H](O)[C@H](O)[C@H]2O)[C@H](O)[C@H](O)[C@H]1O. The molecule has 10 rings (SSSR count). The molecule has 0 aromatic rings. The number of esters is 1. The number of carboxylic acids is 1. The van der Waals surface area contributed by atoms with Gasteiger partial charge in [0.15, 0.2) is 25.2 Å². The van der Waals surface area contributed by atoms with E-state index in [9.17, 15) is 102 Å². The Labute approximate surface area is 519 Å². The predicted octanol–water partition coefficient (Wildman–Crippen LogP) is -5.15. The van der Waals surface area contributed by atoms with Gasteiger partial charge in [0.25, 0.3) is 0 Å². The summed E-state index contributed by atoms with van der Waals surface area (Å²) in [5.74, 6) is -3.47. The molecule has 4 saturated carbocycles. The normalized spacial score (nSPS) is 54.5. The van der Waals surface area contributed by atoms with Gasteiger partial charge in [-0.25, -0.2) is 0 Å². The van der Waals surface area contributed by atoms with Crippen LogP contribution in [0.15, 0.2) is 11.6 Å². The molecule has 30 nitrogen and oxygen atoms in total. The Bertz CT molecular complexity index is 2560. The highest BCUT2D eigenvalue weighted by Crippen LogP contribution is 2.76. The van der Waals surface area contributed by atoms with Crippen molar-refractivity contribution in [3.63, 3.8) is 0 Å². The maximum absolute atomic E-state index is 14.9. The summed E-state index contributed by atoms with van der Waals surface area (Å²) in [4.78, 5) is 29.2. The summed E-state index contributed by atoms with van der Waals surface area (Å²) in [6, 6.07) is 0. The van der Waals surface area contributed by atoms with Crippen molar-refractivity contribution in [1.29, 1.82) is 0 Å². The van der Waals surface area contributed by atoms with Gasteiger partial charge in [0.2, 0.25) is 6.29 Å². The highest BCUT2D eigenvalue weighted by Gasteiger charge is 2.73. The number of aliphatic hydroxyl groups is 17. The molecule has 0 aromatic carbocycles. The van der Waals surface area contributed by atoms with E-state index in [4.69, 9.17) is 47.4 Å². The molecule has 0 unspecified atom stereocenters. The lowest BCUT2D eigenvalue weighted by atomic mass is 9.33. The second-order valence-corrected chi connectivity index (χ2v) is 29.0. The third-order valence-corrected chi connectivity index (χ3v) is 23.6. The topological polar surface area (TPSA) is 491 Å². The summed E-state index contributed by atoms with van der Waals surface area (Å²) in [5.41, 5.74) is -4.49. The van der Waals surface area contributed by atoms with E-state index in [1.807, 2.05) is 6.92 Å². The third kappa shape index (κ3) is 11.4. The molecule has 0 bridgehead atoms. The zero-order chi connectivity index (χ0) is 66.0. The maximum Gasteiger partial charge on any atom is 0.315 e. The first-order valence-electron chi connectivity index (χ1n) is 31.5. The molecule has 0 amide bonds. The molecule has 0 aromatic heterocycles. The zero-order valence-electron chi connectivity index (χ0n) is 51.5. The molecule has 90 heavy (non-hydrogen) atoms. The van der Waals surface area contributed by atoms with Gasteiger partial charge in [0, 0.05) is 0 Å². The largest absolute Gasteiger partial charge is 0.481 e. The number of hydrogen-bond donors (Lipinski definition) is 18. The van der Waals surface area contributed by atoms with E-state index < -0.39 is 237 Å². The Balaban J connectivity index is 0.960. The molecule has 5 aliphatic heterocycles. The summed E-state index contributed by atoms with van der Waals surface area (Å²) in [6.45, 7) is 9.72. The molecule has 5 aliphatic carbocycles. The minimum atomic E-state index is -2.17. The van der Waals surface area contributed by atoms with Gasteiger partial charge in [0.1, 0.15) is 122 Å². The monoisotopic (exact) mass is 1300 g/mol. The summed E-state index contributed by atoms with van der Waals surface area (Å²) in [5, 5.41) is 198. The van der Waals surface area contributed by atoms with Gasteiger partial charge in [-0.15, -0.1) is 0 Å². The summed E-state index contributed by atoms with van der Waals surface area (Å²) in [7, 11) is 0. The minimum Gasteiger partial charge on any atom is -0.481 e. The van der Waals surface area contributed by atoms with Crippen molar-refractivity contribution < 1.29 is 149 Å². The summed E-state index contributed by atoms with van der Waals surface area (Å²) < 4.78 is 60.4. The van der Waals surface area contributed by atoms with Crippen molar-refractivity contribution in [2.24, 2.45) is 50.2 Å². The quantitative estimate of drug-likeness (QED) is 0.0414. The van der Waals surface area contributed by atoms with Crippen LogP contribution in [0.2, 0.25) is 0 Å². The number of aliphatic hydroxyl groups excluding tert-OH is 17. The zero-order valence-corrected chi connectivity index (χ0v) is 51.5. The molecule has 9 fully saturated rings. The third-order valence-electron chi connectivity index (χ3n) is 23.6. The molecule has 35 atom stereocenters. The fourth-order valence-electron chi connectivity index (χ4n) is 18.0. The Morgan fingerprint density at radius 2 is 0.978 bits per heavy atom. The number of allylic oxidation sites excluding steroid dienone is 2. The van der Waals surface area contributed by atoms with E-state index in [2.05, 4.69) is 33.8 Å². The van der Waals surface area contributed by atoms with Crippen LogP contribution < -0.4 is 0 Å². The van der Waals surface area contributed by atoms with E-state index in [1.165, 1.54) is 13.8 Å². The first-order chi connectivity index (χ1) is 42.1. The van der Waals surface area contributed by atoms with Gasteiger partial charge in [-0.3, -0.25) is 9.59 Å². The van der Waals surface area contributed by atoms with Crippen LogP contribution in [0.3, 0.4) is 0 Å². The summed E-state index contributed by atoms with van der Waals surface area (Å²) in [6.07, 6.45) is -44.3.